The predicted octanol–water partition coefficient (Wildman–Crippen LogP) is 7.35. The number of benzene rings is 4. The summed E-state index contributed by atoms with van der Waals surface area (Å²) in [5, 5.41) is 8.51. The van der Waals surface area contributed by atoms with Crippen LogP contribution in [0.2, 0.25) is 0 Å². The van der Waals surface area contributed by atoms with E-state index in [9.17, 15) is 42.7 Å². The van der Waals surface area contributed by atoms with Crippen molar-refractivity contribution in [3.05, 3.63) is 149 Å². The molecule has 0 bridgehead atoms. The first-order chi connectivity index (χ1) is 34.2. The zero-order valence-electron chi connectivity index (χ0n) is 39.9. The van der Waals surface area contributed by atoms with Crippen molar-refractivity contribution in [1.29, 1.82) is 0 Å². The molecule has 0 aliphatic rings. The number of amides is 4. The summed E-state index contributed by atoms with van der Waals surface area (Å²) in [7, 11) is 0. The predicted molar refractivity (Wildman–Crippen MR) is 255 cm³/mol. The molecule has 71 heavy (non-hydrogen) atoms. The van der Waals surface area contributed by atoms with Crippen LogP contribution in [0.4, 0.5) is 4.39 Å². The largest absolute Gasteiger partial charge is 0.481 e. The summed E-state index contributed by atoms with van der Waals surface area (Å²) in [6.07, 6.45) is 2.60. The molecule has 5 aromatic rings. The summed E-state index contributed by atoms with van der Waals surface area (Å²) in [6, 6.07) is 26.6. The normalized spacial score (nSPS) is 12.0. The van der Waals surface area contributed by atoms with Crippen LogP contribution >= 0.6 is 0 Å². The van der Waals surface area contributed by atoms with Gasteiger partial charge in [0.1, 0.15) is 47.9 Å². The second kappa shape index (κ2) is 27.1. The van der Waals surface area contributed by atoms with E-state index >= 15 is 0 Å². The topological polar surface area (TPSA) is 226 Å². The van der Waals surface area contributed by atoms with Gasteiger partial charge in [0.15, 0.2) is 12.4 Å². The Morgan fingerprint density at radius 3 is 2.11 bits per heavy atom. The first kappa shape index (κ1) is 53.8. The van der Waals surface area contributed by atoms with Crippen molar-refractivity contribution < 1.29 is 66.2 Å². The first-order valence-corrected chi connectivity index (χ1v) is 23.1. The van der Waals surface area contributed by atoms with Gasteiger partial charge in [-0.2, -0.15) is 5.06 Å². The molecule has 18 heteroatoms. The summed E-state index contributed by atoms with van der Waals surface area (Å²) < 4.78 is 37.1. The molecule has 17 nitrogen and oxygen atoms in total. The van der Waals surface area contributed by atoms with E-state index in [1.165, 1.54) is 56.3 Å². The molecule has 0 unspecified atom stereocenters. The van der Waals surface area contributed by atoms with Crippen LogP contribution in [-0.2, 0) is 51.5 Å². The van der Waals surface area contributed by atoms with Crippen molar-refractivity contribution in [2.24, 2.45) is 5.92 Å². The smallest absolute Gasteiger partial charge is 0.366 e. The number of nitrogens with zero attached hydrogens (tertiary/aromatic N) is 1. The van der Waals surface area contributed by atoms with Gasteiger partial charge in [-0.3, -0.25) is 24.0 Å². The van der Waals surface area contributed by atoms with Gasteiger partial charge in [-0.1, -0.05) is 112 Å². The number of halogens is 1. The number of carbonyl (C=O) groups excluding carboxylic acids is 8. The SMILES string of the molecule is CCCCC[C@@H](C(=O)NCNC(=O)c1ccc(-c2ccc(C(=O)N[C@@H](CC(C)=O)C(=O)OCc3ccccc3)c(OCC(=O)OCc3ccccc3)c2)o1)[C@@H](CC)N(C=O)OC(=O)c1c(C)cccc1F. The minimum absolute atomic E-state index is 0.0396. The van der Waals surface area contributed by atoms with E-state index in [4.69, 9.17) is 23.5 Å². The van der Waals surface area contributed by atoms with Crippen molar-refractivity contribution >= 4 is 47.8 Å². The van der Waals surface area contributed by atoms with E-state index in [0.29, 0.717) is 29.5 Å². The monoisotopic (exact) mass is 976 g/mol. The van der Waals surface area contributed by atoms with Crippen LogP contribution in [0.1, 0.15) is 107 Å². The van der Waals surface area contributed by atoms with Crippen LogP contribution in [0.5, 0.6) is 5.75 Å². The molecule has 0 radical (unpaired) electrons. The van der Waals surface area contributed by atoms with E-state index < -0.39 is 71.8 Å². The number of nitrogens with one attached hydrogen (secondary N) is 3. The molecule has 0 saturated heterocycles. The summed E-state index contributed by atoms with van der Waals surface area (Å²) in [4.78, 5) is 110. The van der Waals surface area contributed by atoms with E-state index in [0.717, 1.165) is 29.5 Å². The zero-order valence-corrected chi connectivity index (χ0v) is 39.9. The fourth-order valence-corrected chi connectivity index (χ4v) is 7.44. The van der Waals surface area contributed by atoms with Crippen molar-refractivity contribution in [2.75, 3.05) is 13.3 Å². The second-order valence-corrected chi connectivity index (χ2v) is 16.4. The van der Waals surface area contributed by atoms with E-state index in [1.807, 2.05) is 13.0 Å². The molecule has 0 aliphatic heterocycles. The van der Waals surface area contributed by atoms with E-state index in [-0.39, 0.29) is 67.5 Å². The number of Topliss-reactive ketones (excluding diaryl/α,β-unsaturated/α-hetero) is 1. The molecule has 3 atom stereocenters. The van der Waals surface area contributed by atoms with E-state index in [2.05, 4.69) is 16.0 Å². The number of hydrogen-bond donors (Lipinski definition) is 3. The number of ketones is 1. The third-order valence-corrected chi connectivity index (χ3v) is 11.1. The quantitative estimate of drug-likeness (QED) is 0.0154. The van der Waals surface area contributed by atoms with Gasteiger partial charge in [-0.05, 0) is 73.7 Å². The minimum Gasteiger partial charge on any atom is -0.481 e. The summed E-state index contributed by atoms with van der Waals surface area (Å²) >= 11 is 0. The highest BCUT2D eigenvalue weighted by molar-refractivity contribution is 6.01. The fraction of sp³-hybridized carbons (Fsp3) is 0.321. The Labute approximate surface area is 410 Å². The van der Waals surface area contributed by atoms with Gasteiger partial charge in [-0.15, -0.1) is 0 Å². The van der Waals surface area contributed by atoms with Crippen molar-refractivity contribution in [3.8, 4) is 17.1 Å². The first-order valence-electron chi connectivity index (χ1n) is 23.1. The van der Waals surface area contributed by atoms with Gasteiger partial charge in [-0.25, -0.2) is 18.8 Å². The van der Waals surface area contributed by atoms with Crippen molar-refractivity contribution in [1.82, 2.24) is 21.0 Å². The lowest BCUT2D eigenvalue weighted by molar-refractivity contribution is -0.171. The van der Waals surface area contributed by atoms with Gasteiger partial charge in [0.05, 0.1) is 24.2 Å². The van der Waals surface area contributed by atoms with Crippen molar-refractivity contribution in [2.45, 2.75) is 91.5 Å². The molecule has 0 saturated carbocycles. The fourth-order valence-electron chi connectivity index (χ4n) is 7.44. The summed E-state index contributed by atoms with van der Waals surface area (Å²) in [5.41, 5.74) is 1.56. The van der Waals surface area contributed by atoms with Crippen molar-refractivity contribution in [3.63, 3.8) is 0 Å². The number of ether oxygens (including phenoxy) is 3. The number of hydroxylamine groups is 2. The van der Waals surface area contributed by atoms with Crippen LogP contribution in [0.3, 0.4) is 0 Å². The second-order valence-electron chi connectivity index (χ2n) is 16.4. The highest BCUT2D eigenvalue weighted by Gasteiger charge is 2.34. The zero-order chi connectivity index (χ0) is 51.3. The maximum atomic E-state index is 14.6. The Morgan fingerprint density at radius 2 is 1.48 bits per heavy atom. The van der Waals surface area contributed by atoms with Crippen LogP contribution in [0.15, 0.2) is 114 Å². The highest BCUT2D eigenvalue weighted by Crippen LogP contribution is 2.30. The number of furan rings is 1. The molecule has 3 N–H and O–H groups in total. The van der Waals surface area contributed by atoms with Gasteiger partial charge in [0, 0.05) is 12.0 Å². The lowest BCUT2D eigenvalue weighted by Gasteiger charge is -2.32. The van der Waals surface area contributed by atoms with Crippen LogP contribution in [-0.4, -0.2) is 78.2 Å². The van der Waals surface area contributed by atoms with Gasteiger partial charge < -0.3 is 39.4 Å². The minimum atomic E-state index is -1.37. The molecule has 4 amide bonds. The number of hydrogen-bond acceptors (Lipinski definition) is 13. The Bertz CT molecular complexity index is 2620. The maximum absolute atomic E-state index is 14.6. The van der Waals surface area contributed by atoms with Crippen LogP contribution < -0.4 is 20.7 Å². The third kappa shape index (κ3) is 16.0. The molecular formula is C53H57FN4O13. The Balaban J connectivity index is 1.29. The van der Waals surface area contributed by atoms with Crippen LogP contribution in [0, 0.1) is 18.7 Å². The lowest BCUT2D eigenvalue weighted by Crippen LogP contribution is -2.49. The molecule has 1 heterocycles. The average molecular weight is 977 g/mol. The van der Waals surface area contributed by atoms with Gasteiger partial charge in [0.25, 0.3) is 11.8 Å². The summed E-state index contributed by atoms with van der Waals surface area (Å²) in [5.74, 6) is -7.07. The molecule has 5 rings (SSSR count). The van der Waals surface area contributed by atoms with Crippen LogP contribution in [0.25, 0.3) is 11.3 Å². The van der Waals surface area contributed by atoms with Gasteiger partial charge in [0.2, 0.25) is 12.3 Å². The molecule has 4 aromatic carbocycles. The number of esters is 2. The maximum Gasteiger partial charge on any atom is 0.366 e. The highest BCUT2D eigenvalue weighted by atomic mass is 19.1. The number of aryl methyl sites for hydroxylation is 1. The Hall–Kier alpha value is -8.15. The number of rotatable bonds is 27. The lowest BCUT2D eigenvalue weighted by atomic mass is 9.90. The number of unbranched alkanes of at least 4 members (excludes halogenated alkanes) is 2. The molecule has 0 aliphatic carbocycles. The van der Waals surface area contributed by atoms with Gasteiger partial charge >= 0.3 is 17.9 Å². The number of carbonyl (C=O) groups is 8. The molecular weight excluding hydrogens is 920 g/mol. The third-order valence-electron chi connectivity index (χ3n) is 11.1. The summed E-state index contributed by atoms with van der Waals surface area (Å²) in [6.45, 7) is 5.34. The molecule has 374 valence electrons. The standard InChI is InChI=1S/C53H57FN4O13/c1-5-7-10-21-39(43(6-2)58(33-59)71-53(66)48-34(3)16-15-22-41(48)54)49(62)55-32-56-51(64)45-26-25-44(70-45)38-23-24-40(46(28-38)67-31-47(61)68-29-36-17-11-8-12-18-36)50(63)57-42(27-35(4)60)52(65)69-30-37-19-13-9-14-20-37/h8-9,11-20,22-26,28,33,39,42-43H,5-7,10,21,27,29-32H2,1-4H3,(H,55,62)(H,56,64)(H,57,63)/t39-,42+,43-/m1/s1. The molecule has 1 aromatic heterocycles. The van der Waals surface area contributed by atoms with E-state index in [1.54, 1.807) is 61.5 Å². The Kier molecular flexibility index (Phi) is 20.6. The molecule has 0 fully saturated rings. The molecule has 0 spiro atoms. The Morgan fingerprint density at radius 1 is 0.789 bits per heavy atom. The average Bonchev–Trinajstić information content (AvgIpc) is 3.87.